The molecule has 20 heavy (non-hydrogen) atoms. The molecule has 0 spiro atoms. The number of aryl methyl sites for hydroxylation is 1. The highest BCUT2D eigenvalue weighted by Gasteiger charge is 2.45. The van der Waals surface area contributed by atoms with E-state index in [0.717, 1.165) is 12.1 Å². The van der Waals surface area contributed by atoms with Gasteiger partial charge in [0.15, 0.2) is 0 Å². The number of carboxylic acid groups (broad SMARTS) is 1. The number of hydrogen-bond acceptors (Lipinski definition) is 4. The lowest BCUT2D eigenvalue weighted by Gasteiger charge is -2.24. The summed E-state index contributed by atoms with van der Waals surface area (Å²) >= 11 is 0. The molecule has 1 aliphatic rings. The van der Waals surface area contributed by atoms with E-state index in [1.54, 1.807) is 18.0 Å². The predicted molar refractivity (Wildman–Crippen MR) is 72.3 cm³/mol. The summed E-state index contributed by atoms with van der Waals surface area (Å²) < 4.78 is 0. The average Bonchev–Trinajstić information content (AvgIpc) is 2.85. The van der Waals surface area contributed by atoms with Crippen LogP contribution in [0, 0.1) is 12.3 Å². The fourth-order valence-corrected chi connectivity index (χ4v) is 2.67. The van der Waals surface area contributed by atoms with Crippen LogP contribution in [0.3, 0.4) is 0 Å². The van der Waals surface area contributed by atoms with Gasteiger partial charge in [-0.1, -0.05) is 13.3 Å². The molecule has 1 unspecified atom stereocenters. The summed E-state index contributed by atoms with van der Waals surface area (Å²) in [5.41, 5.74) is 0.213. The second-order valence-corrected chi connectivity index (χ2v) is 5.36. The van der Waals surface area contributed by atoms with E-state index in [9.17, 15) is 14.7 Å². The third kappa shape index (κ3) is 2.64. The Labute approximate surface area is 117 Å². The lowest BCUT2D eigenvalue weighted by Crippen LogP contribution is -2.37. The number of hydrogen-bond donors (Lipinski definition) is 1. The van der Waals surface area contributed by atoms with E-state index in [0.29, 0.717) is 19.4 Å². The zero-order valence-corrected chi connectivity index (χ0v) is 11.8. The number of amides is 1. The van der Waals surface area contributed by atoms with E-state index in [-0.39, 0.29) is 18.1 Å². The van der Waals surface area contributed by atoms with Crippen molar-refractivity contribution in [3.8, 4) is 0 Å². The van der Waals surface area contributed by atoms with E-state index in [1.807, 2.05) is 6.92 Å². The molecule has 6 heteroatoms. The van der Waals surface area contributed by atoms with Gasteiger partial charge in [-0.15, -0.1) is 0 Å². The van der Waals surface area contributed by atoms with Gasteiger partial charge < -0.3 is 10.0 Å². The molecule has 0 bridgehead atoms. The molecule has 2 heterocycles. The topological polar surface area (TPSA) is 83.4 Å². The summed E-state index contributed by atoms with van der Waals surface area (Å²) in [6.07, 6.45) is 4.86. The summed E-state index contributed by atoms with van der Waals surface area (Å²) in [7, 11) is 0. The molecular formula is C14H19N3O3. The number of likely N-dealkylation sites (tertiary alicyclic amines) is 1. The Balaban J connectivity index is 2.14. The van der Waals surface area contributed by atoms with Crippen molar-refractivity contribution in [1.82, 2.24) is 14.9 Å². The van der Waals surface area contributed by atoms with Crippen LogP contribution in [-0.2, 0) is 4.79 Å². The highest BCUT2D eigenvalue weighted by atomic mass is 16.4. The smallest absolute Gasteiger partial charge is 0.311 e. The SMILES string of the molecule is CCCC1(C(=O)O)CCN(C(=O)c2cnc(C)cn2)C1. The van der Waals surface area contributed by atoms with Gasteiger partial charge in [-0.3, -0.25) is 14.6 Å². The zero-order valence-electron chi connectivity index (χ0n) is 11.8. The van der Waals surface area contributed by atoms with Gasteiger partial charge >= 0.3 is 5.97 Å². The maximum absolute atomic E-state index is 12.3. The molecular weight excluding hydrogens is 258 g/mol. The Hall–Kier alpha value is -1.98. The van der Waals surface area contributed by atoms with Crippen LogP contribution in [0.25, 0.3) is 0 Å². The van der Waals surface area contributed by atoms with Crippen molar-refractivity contribution >= 4 is 11.9 Å². The van der Waals surface area contributed by atoms with E-state index < -0.39 is 11.4 Å². The number of aromatic nitrogens is 2. The Morgan fingerprint density at radius 2 is 2.15 bits per heavy atom. The monoisotopic (exact) mass is 277 g/mol. The first-order chi connectivity index (χ1) is 9.48. The number of carboxylic acids is 1. The number of carbonyl (C=O) groups is 2. The first-order valence-electron chi connectivity index (χ1n) is 6.80. The molecule has 1 atom stereocenters. The fourth-order valence-electron chi connectivity index (χ4n) is 2.67. The predicted octanol–water partition coefficient (Wildman–Crippen LogP) is 1.50. The second-order valence-electron chi connectivity index (χ2n) is 5.36. The second kappa shape index (κ2) is 5.56. The molecule has 6 nitrogen and oxygen atoms in total. The molecule has 1 fully saturated rings. The zero-order chi connectivity index (χ0) is 14.8. The van der Waals surface area contributed by atoms with Crippen LogP contribution < -0.4 is 0 Å². The van der Waals surface area contributed by atoms with Crippen molar-refractivity contribution in [3.05, 3.63) is 23.8 Å². The molecule has 2 rings (SSSR count). The molecule has 1 saturated heterocycles. The number of aliphatic carboxylic acids is 1. The van der Waals surface area contributed by atoms with Gasteiger partial charge in [-0.05, 0) is 19.8 Å². The lowest BCUT2D eigenvalue weighted by molar-refractivity contribution is -0.148. The van der Waals surface area contributed by atoms with Crippen LogP contribution in [0.2, 0.25) is 0 Å². The Bertz CT molecular complexity index is 515. The summed E-state index contributed by atoms with van der Waals surface area (Å²) in [5.74, 6) is -1.05. The van der Waals surface area contributed by atoms with Crippen LogP contribution >= 0.6 is 0 Å². The van der Waals surface area contributed by atoms with Gasteiger partial charge in [-0.2, -0.15) is 0 Å². The van der Waals surface area contributed by atoms with Crippen LogP contribution in [0.5, 0.6) is 0 Å². The Kier molecular flexibility index (Phi) is 4.01. The van der Waals surface area contributed by atoms with Gasteiger partial charge in [0.2, 0.25) is 0 Å². The third-order valence-electron chi connectivity index (χ3n) is 3.82. The lowest BCUT2D eigenvalue weighted by atomic mass is 9.83. The fraction of sp³-hybridized carbons (Fsp3) is 0.571. The van der Waals surface area contributed by atoms with Gasteiger partial charge in [-0.25, -0.2) is 4.98 Å². The number of carbonyl (C=O) groups excluding carboxylic acids is 1. The van der Waals surface area contributed by atoms with Crippen LogP contribution in [0.1, 0.15) is 42.4 Å². The van der Waals surface area contributed by atoms with Crippen molar-refractivity contribution < 1.29 is 14.7 Å². The van der Waals surface area contributed by atoms with E-state index >= 15 is 0 Å². The molecule has 0 saturated carbocycles. The molecule has 1 N–H and O–H groups in total. The van der Waals surface area contributed by atoms with Gasteiger partial charge in [0.25, 0.3) is 5.91 Å². The Morgan fingerprint density at radius 1 is 1.40 bits per heavy atom. The summed E-state index contributed by atoms with van der Waals surface area (Å²) in [4.78, 5) is 33.5. The van der Waals surface area contributed by atoms with Gasteiger partial charge in [0, 0.05) is 19.3 Å². The van der Waals surface area contributed by atoms with Crippen LogP contribution in [-0.4, -0.2) is 44.9 Å². The maximum Gasteiger partial charge on any atom is 0.311 e. The molecule has 108 valence electrons. The molecule has 1 aliphatic heterocycles. The van der Waals surface area contributed by atoms with Crippen molar-refractivity contribution in [3.63, 3.8) is 0 Å². The van der Waals surface area contributed by atoms with Crippen LogP contribution in [0.15, 0.2) is 12.4 Å². The summed E-state index contributed by atoms with van der Waals surface area (Å²) in [6.45, 7) is 4.47. The molecule has 0 aliphatic carbocycles. The standard InChI is InChI=1S/C14H19N3O3/c1-3-4-14(13(19)20)5-6-17(9-14)12(18)11-8-15-10(2)7-16-11/h7-8H,3-6,9H2,1-2H3,(H,19,20). The molecule has 0 radical (unpaired) electrons. The molecule has 1 amide bonds. The first kappa shape index (κ1) is 14.4. The van der Waals surface area contributed by atoms with Crippen molar-refractivity contribution in [2.24, 2.45) is 5.41 Å². The minimum atomic E-state index is -0.815. The summed E-state index contributed by atoms with van der Waals surface area (Å²) in [6, 6.07) is 0. The molecule has 1 aromatic rings. The maximum atomic E-state index is 12.3. The molecule has 0 aromatic carbocycles. The van der Waals surface area contributed by atoms with Crippen molar-refractivity contribution in [1.29, 1.82) is 0 Å². The Morgan fingerprint density at radius 3 is 2.70 bits per heavy atom. The third-order valence-corrected chi connectivity index (χ3v) is 3.82. The van der Waals surface area contributed by atoms with Gasteiger partial charge in [0.1, 0.15) is 5.69 Å². The number of nitrogens with zero attached hydrogens (tertiary/aromatic N) is 3. The minimum absolute atomic E-state index is 0.239. The van der Waals surface area contributed by atoms with Crippen molar-refractivity contribution in [2.45, 2.75) is 33.1 Å². The largest absolute Gasteiger partial charge is 0.481 e. The normalized spacial score (nSPS) is 22.0. The molecule has 1 aromatic heterocycles. The highest BCUT2D eigenvalue weighted by molar-refractivity contribution is 5.93. The minimum Gasteiger partial charge on any atom is -0.481 e. The average molecular weight is 277 g/mol. The van der Waals surface area contributed by atoms with E-state index in [1.165, 1.54) is 6.20 Å². The van der Waals surface area contributed by atoms with E-state index in [2.05, 4.69) is 9.97 Å². The van der Waals surface area contributed by atoms with E-state index in [4.69, 9.17) is 0 Å². The summed E-state index contributed by atoms with van der Waals surface area (Å²) in [5, 5.41) is 9.44. The van der Waals surface area contributed by atoms with Crippen LogP contribution in [0.4, 0.5) is 0 Å². The van der Waals surface area contributed by atoms with Crippen molar-refractivity contribution in [2.75, 3.05) is 13.1 Å². The van der Waals surface area contributed by atoms with Gasteiger partial charge in [0.05, 0.1) is 17.3 Å². The highest BCUT2D eigenvalue weighted by Crippen LogP contribution is 2.36. The number of rotatable bonds is 4. The first-order valence-corrected chi connectivity index (χ1v) is 6.80. The quantitative estimate of drug-likeness (QED) is 0.901.